The third-order valence-electron chi connectivity index (χ3n) is 5.67. The van der Waals surface area contributed by atoms with Gasteiger partial charge in [-0.2, -0.15) is 4.98 Å². The van der Waals surface area contributed by atoms with Crippen molar-refractivity contribution in [2.45, 2.75) is 71.0 Å². The van der Waals surface area contributed by atoms with Gasteiger partial charge in [-0.15, -0.1) is 24.0 Å². The highest BCUT2D eigenvalue weighted by molar-refractivity contribution is 14.0. The number of aryl methyl sites for hydroxylation is 1. The lowest BCUT2D eigenvalue weighted by Gasteiger charge is -2.38. The Kier molecular flexibility index (Phi) is 10.7. The number of guanidine groups is 1. The Morgan fingerprint density at radius 3 is 2.71 bits per heavy atom. The molecule has 172 valence electrons. The van der Waals surface area contributed by atoms with E-state index in [1.165, 1.54) is 5.56 Å². The summed E-state index contributed by atoms with van der Waals surface area (Å²) in [5.74, 6) is 2.66. The van der Waals surface area contributed by atoms with Gasteiger partial charge in [0.1, 0.15) is 0 Å². The van der Waals surface area contributed by atoms with Gasteiger partial charge in [-0.25, -0.2) is 0 Å². The molecule has 1 aliphatic heterocycles. The van der Waals surface area contributed by atoms with E-state index in [9.17, 15) is 0 Å². The van der Waals surface area contributed by atoms with E-state index in [-0.39, 0.29) is 24.0 Å². The molecule has 2 N–H and O–H groups in total. The number of aliphatic imine (C=N–C) groups is 1. The van der Waals surface area contributed by atoms with Crippen LogP contribution in [-0.2, 0) is 13.0 Å². The van der Waals surface area contributed by atoms with Crippen LogP contribution in [0.25, 0.3) is 0 Å². The number of piperidine rings is 1. The van der Waals surface area contributed by atoms with E-state index in [1.54, 1.807) is 0 Å². The SMILES string of the molecule is CN=C(NCCCc1nc(C(C)C)no1)NC1CCN(Cc2ccccc2)C(C)C1.I. The number of nitrogens with zero attached hydrogens (tertiary/aromatic N) is 4. The summed E-state index contributed by atoms with van der Waals surface area (Å²) in [5, 5.41) is 11.0. The molecule has 2 unspecified atom stereocenters. The minimum absolute atomic E-state index is 0. The van der Waals surface area contributed by atoms with Gasteiger partial charge in [0, 0.05) is 51.1 Å². The van der Waals surface area contributed by atoms with Crippen LogP contribution in [0.3, 0.4) is 0 Å². The fourth-order valence-electron chi connectivity index (χ4n) is 3.84. The summed E-state index contributed by atoms with van der Waals surface area (Å²) in [6.45, 7) is 9.40. The van der Waals surface area contributed by atoms with Gasteiger partial charge in [0.25, 0.3) is 0 Å². The van der Waals surface area contributed by atoms with Crippen LogP contribution in [0.2, 0.25) is 0 Å². The Bertz CT molecular complexity index is 794. The maximum Gasteiger partial charge on any atom is 0.226 e. The third-order valence-corrected chi connectivity index (χ3v) is 5.67. The van der Waals surface area contributed by atoms with E-state index in [4.69, 9.17) is 4.52 Å². The molecule has 0 amide bonds. The van der Waals surface area contributed by atoms with Crippen molar-refractivity contribution in [3.63, 3.8) is 0 Å². The van der Waals surface area contributed by atoms with Crippen molar-refractivity contribution in [3.8, 4) is 0 Å². The van der Waals surface area contributed by atoms with Crippen LogP contribution in [0.1, 0.15) is 63.2 Å². The molecular weight excluding hydrogens is 503 g/mol. The summed E-state index contributed by atoms with van der Waals surface area (Å²) in [7, 11) is 1.83. The van der Waals surface area contributed by atoms with Gasteiger partial charge in [-0.1, -0.05) is 49.3 Å². The van der Waals surface area contributed by atoms with Crippen LogP contribution in [0, 0.1) is 0 Å². The number of nitrogens with one attached hydrogen (secondary N) is 2. The molecular formula is C23H37IN6O. The lowest BCUT2D eigenvalue weighted by Crippen LogP contribution is -2.51. The standard InChI is InChI=1S/C23H36N6O.HI/c1-17(2)22-27-21(30-28-22)11-8-13-25-23(24-4)26-20-12-14-29(18(3)15-20)16-19-9-6-5-7-10-19;/h5-7,9-10,17-18,20H,8,11-16H2,1-4H3,(H2,24,25,26);1H. The molecule has 3 rings (SSSR count). The Balaban J connectivity index is 0.00000341. The van der Waals surface area contributed by atoms with Crippen molar-refractivity contribution in [2.24, 2.45) is 4.99 Å². The Morgan fingerprint density at radius 2 is 2.06 bits per heavy atom. The van der Waals surface area contributed by atoms with Crippen LogP contribution in [-0.4, -0.2) is 53.2 Å². The zero-order valence-electron chi connectivity index (χ0n) is 19.2. The lowest BCUT2D eigenvalue weighted by molar-refractivity contribution is 0.134. The fourth-order valence-corrected chi connectivity index (χ4v) is 3.84. The number of halogens is 1. The van der Waals surface area contributed by atoms with E-state index < -0.39 is 0 Å². The highest BCUT2D eigenvalue weighted by Gasteiger charge is 2.25. The summed E-state index contributed by atoms with van der Waals surface area (Å²) >= 11 is 0. The van der Waals surface area contributed by atoms with Crippen LogP contribution in [0.15, 0.2) is 39.8 Å². The fraction of sp³-hybridized carbons (Fsp3) is 0.609. The number of aromatic nitrogens is 2. The molecule has 0 saturated carbocycles. The molecule has 0 bridgehead atoms. The van der Waals surface area contributed by atoms with Crippen molar-refractivity contribution in [1.29, 1.82) is 0 Å². The normalized spacial score (nSPS) is 19.8. The zero-order valence-corrected chi connectivity index (χ0v) is 21.5. The first-order valence-electron chi connectivity index (χ1n) is 11.1. The van der Waals surface area contributed by atoms with E-state index in [0.717, 1.165) is 57.1 Å². The van der Waals surface area contributed by atoms with Gasteiger partial charge < -0.3 is 15.2 Å². The molecule has 1 saturated heterocycles. The first kappa shape index (κ1) is 25.6. The second kappa shape index (κ2) is 13.0. The Morgan fingerprint density at radius 1 is 1.29 bits per heavy atom. The van der Waals surface area contributed by atoms with Crippen molar-refractivity contribution < 1.29 is 4.52 Å². The molecule has 0 radical (unpaired) electrons. The minimum atomic E-state index is 0. The Hall–Kier alpha value is -1.68. The third kappa shape index (κ3) is 8.07. The van der Waals surface area contributed by atoms with Crippen LogP contribution in [0.4, 0.5) is 0 Å². The number of benzene rings is 1. The number of rotatable bonds is 8. The molecule has 7 nitrogen and oxygen atoms in total. The second-order valence-electron chi connectivity index (χ2n) is 8.47. The van der Waals surface area contributed by atoms with Gasteiger partial charge in [-0.3, -0.25) is 9.89 Å². The lowest BCUT2D eigenvalue weighted by atomic mass is 9.97. The first-order valence-corrected chi connectivity index (χ1v) is 11.1. The van der Waals surface area contributed by atoms with E-state index in [2.05, 4.69) is 81.8 Å². The second-order valence-corrected chi connectivity index (χ2v) is 8.47. The van der Waals surface area contributed by atoms with Crippen molar-refractivity contribution in [3.05, 3.63) is 47.6 Å². The summed E-state index contributed by atoms with van der Waals surface area (Å²) < 4.78 is 5.31. The zero-order chi connectivity index (χ0) is 21.3. The number of hydrogen-bond acceptors (Lipinski definition) is 5. The molecule has 31 heavy (non-hydrogen) atoms. The largest absolute Gasteiger partial charge is 0.356 e. The summed E-state index contributed by atoms with van der Waals surface area (Å²) in [6.07, 6.45) is 3.94. The smallest absolute Gasteiger partial charge is 0.226 e. The highest BCUT2D eigenvalue weighted by Crippen LogP contribution is 2.20. The van der Waals surface area contributed by atoms with Crippen LogP contribution >= 0.6 is 24.0 Å². The average Bonchev–Trinajstić information content (AvgIpc) is 3.22. The van der Waals surface area contributed by atoms with Gasteiger partial charge in [0.15, 0.2) is 11.8 Å². The molecule has 1 aliphatic rings. The van der Waals surface area contributed by atoms with E-state index in [0.29, 0.717) is 23.9 Å². The van der Waals surface area contributed by atoms with Crippen molar-refractivity contribution in [1.82, 2.24) is 25.7 Å². The topological polar surface area (TPSA) is 78.6 Å². The van der Waals surface area contributed by atoms with Crippen LogP contribution < -0.4 is 10.6 Å². The molecule has 2 atom stereocenters. The van der Waals surface area contributed by atoms with Crippen LogP contribution in [0.5, 0.6) is 0 Å². The van der Waals surface area contributed by atoms with Gasteiger partial charge in [0.2, 0.25) is 5.89 Å². The summed E-state index contributed by atoms with van der Waals surface area (Å²) in [5.41, 5.74) is 1.38. The molecule has 0 spiro atoms. The predicted molar refractivity (Wildman–Crippen MR) is 136 cm³/mol. The highest BCUT2D eigenvalue weighted by atomic mass is 127. The monoisotopic (exact) mass is 540 g/mol. The maximum absolute atomic E-state index is 5.31. The first-order chi connectivity index (χ1) is 14.5. The van der Waals surface area contributed by atoms with Gasteiger partial charge >= 0.3 is 0 Å². The van der Waals surface area contributed by atoms with Crippen molar-refractivity contribution >= 4 is 29.9 Å². The molecule has 0 aliphatic carbocycles. The van der Waals surface area contributed by atoms with E-state index in [1.807, 2.05) is 7.05 Å². The summed E-state index contributed by atoms with van der Waals surface area (Å²) in [4.78, 5) is 11.4. The van der Waals surface area contributed by atoms with Gasteiger partial charge in [-0.05, 0) is 31.7 Å². The molecule has 1 aromatic carbocycles. The molecule has 8 heteroatoms. The predicted octanol–water partition coefficient (Wildman–Crippen LogP) is 3.96. The average molecular weight is 540 g/mol. The molecule has 2 heterocycles. The van der Waals surface area contributed by atoms with Crippen molar-refractivity contribution in [2.75, 3.05) is 20.1 Å². The quantitative estimate of drug-likeness (QED) is 0.229. The minimum Gasteiger partial charge on any atom is -0.356 e. The molecule has 1 fully saturated rings. The number of hydrogen-bond donors (Lipinski definition) is 2. The summed E-state index contributed by atoms with van der Waals surface area (Å²) in [6, 6.07) is 11.7. The van der Waals surface area contributed by atoms with Gasteiger partial charge in [0.05, 0.1) is 0 Å². The van der Waals surface area contributed by atoms with E-state index >= 15 is 0 Å². The molecule has 1 aromatic heterocycles. The Labute approximate surface area is 203 Å². The molecule has 2 aromatic rings. The maximum atomic E-state index is 5.31. The number of likely N-dealkylation sites (tertiary alicyclic amines) is 1.